The van der Waals surface area contributed by atoms with Gasteiger partial charge in [-0.1, -0.05) is 11.6 Å². The van der Waals surface area contributed by atoms with Gasteiger partial charge >= 0.3 is 0 Å². The average molecular weight is 313 g/mol. The third-order valence-corrected chi connectivity index (χ3v) is 3.72. The summed E-state index contributed by atoms with van der Waals surface area (Å²) < 4.78 is 5.44. The minimum absolute atomic E-state index is 0.0247. The summed E-state index contributed by atoms with van der Waals surface area (Å²) in [4.78, 5) is 16.3. The van der Waals surface area contributed by atoms with Gasteiger partial charge in [0.1, 0.15) is 5.02 Å². The first-order valence-corrected chi connectivity index (χ1v) is 7.64. The lowest BCUT2D eigenvalue weighted by Crippen LogP contribution is -2.38. The summed E-state index contributed by atoms with van der Waals surface area (Å²) in [7, 11) is 0. The first-order valence-electron chi connectivity index (χ1n) is 7.27. The van der Waals surface area contributed by atoms with Crippen LogP contribution >= 0.6 is 11.6 Å². The predicted octanol–water partition coefficient (Wildman–Crippen LogP) is 2.56. The Hall–Kier alpha value is -1.33. The highest BCUT2D eigenvalue weighted by Gasteiger charge is 2.21. The van der Waals surface area contributed by atoms with Gasteiger partial charge in [0.15, 0.2) is 0 Å². The van der Waals surface area contributed by atoms with Crippen molar-refractivity contribution in [3.05, 3.63) is 22.8 Å². The molecule has 1 aliphatic rings. The van der Waals surface area contributed by atoms with Gasteiger partial charge in [-0.15, -0.1) is 0 Å². The van der Waals surface area contributed by atoms with Crippen LogP contribution in [0.2, 0.25) is 5.02 Å². The molecule has 1 heterocycles. The zero-order valence-corrected chi connectivity index (χ0v) is 13.1. The molecule has 0 saturated heterocycles. The number of amides is 1. The lowest BCUT2D eigenvalue weighted by Gasteiger charge is -2.26. The van der Waals surface area contributed by atoms with Crippen LogP contribution in [0.15, 0.2) is 12.3 Å². The van der Waals surface area contributed by atoms with E-state index in [4.69, 9.17) is 16.3 Å². The monoisotopic (exact) mass is 312 g/mol. The lowest BCUT2D eigenvalue weighted by atomic mass is 9.93. The fourth-order valence-corrected chi connectivity index (χ4v) is 2.56. The molecule has 0 radical (unpaired) electrons. The van der Waals surface area contributed by atoms with Gasteiger partial charge in [-0.05, 0) is 45.6 Å². The number of nitrogens with one attached hydrogen (secondary N) is 1. The van der Waals surface area contributed by atoms with Gasteiger partial charge in [-0.2, -0.15) is 0 Å². The number of aliphatic hydroxyl groups excluding tert-OH is 1. The van der Waals surface area contributed by atoms with Crippen molar-refractivity contribution in [1.82, 2.24) is 10.3 Å². The molecular formula is C15H21ClN2O3. The zero-order chi connectivity index (χ0) is 15.4. The molecule has 2 N–H and O–H groups in total. The number of pyridine rings is 1. The quantitative estimate of drug-likeness (QED) is 0.896. The largest absolute Gasteiger partial charge is 0.474 e. The number of halogens is 1. The molecule has 1 fully saturated rings. The van der Waals surface area contributed by atoms with E-state index in [9.17, 15) is 9.90 Å². The number of carbonyl (C=O) groups is 1. The highest BCUT2D eigenvalue weighted by Crippen LogP contribution is 2.24. The Labute approximate surface area is 129 Å². The summed E-state index contributed by atoms with van der Waals surface area (Å²) in [6, 6.07) is 1.67. The molecule has 1 saturated carbocycles. The molecular weight excluding hydrogens is 292 g/mol. The van der Waals surface area contributed by atoms with Crippen LogP contribution in [0.3, 0.4) is 0 Å². The molecule has 0 unspecified atom stereocenters. The van der Waals surface area contributed by atoms with Crippen LogP contribution in [-0.2, 0) is 0 Å². The molecule has 5 nitrogen and oxygen atoms in total. The maximum absolute atomic E-state index is 12.2. The zero-order valence-electron chi connectivity index (χ0n) is 12.3. The summed E-state index contributed by atoms with van der Waals surface area (Å²) >= 11 is 6.08. The Morgan fingerprint density at radius 3 is 2.67 bits per heavy atom. The summed E-state index contributed by atoms with van der Waals surface area (Å²) in [6.45, 7) is 3.77. The van der Waals surface area contributed by atoms with Crippen molar-refractivity contribution in [2.24, 2.45) is 0 Å². The number of hydrogen-bond acceptors (Lipinski definition) is 4. The standard InChI is InChI=1S/C15H21ClN2O3/c1-9(2)21-15-13(16)7-10(8-17-15)14(20)18-11-3-5-12(19)6-4-11/h7-9,11-12,19H,3-6H2,1-2H3,(H,18,20). The third-order valence-electron chi connectivity index (χ3n) is 3.45. The van der Waals surface area contributed by atoms with E-state index in [0.717, 1.165) is 25.7 Å². The molecule has 6 heteroatoms. The van der Waals surface area contributed by atoms with Crippen molar-refractivity contribution in [1.29, 1.82) is 0 Å². The third kappa shape index (κ3) is 4.58. The fourth-order valence-electron chi connectivity index (χ4n) is 2.35. The second-order valence-electron chi connectivity index (χ2n) is 5.66. The maximum atomic E-state index is 12.2. The summed E-state index contributed by atoms with van der Waals surface area (Å²) in [5, 5.41) is 12.7. The van der Waals surface area contributed by atoms with E-state index in [1.807, 2.05) is 13.8 Å². The Morgan fingerprint density at radius 1 is 1.43 bits per heavy atom. The van der Waals surface area contributed by atoms with E-state index in [1.54, 1.807) is 6.07 Å². The van der Waals surface area contributed by atoms with Crippen LogP contribution < -0.4 is 10.1 Å². The van der Waals surface area contributed by atoms with Crippen molar-refractivity contribution in [2.45, 2.75) is 57.8 Å². The number of carbonyl (C=O) groups excluding carboxylic acids is 1. The van der Waals surface area contributed by atoms with Gasteiger partial charge in [0, 0.05) is 12.2 Å². The predicted molar refractivity (Wildman–Crippen MR) is 80.7 cm³/mol. The molecule has 1 aromatic heterocycles. The molecule has 0 spiro atoms. The molecule has 0 atom stereocenters. The molecule has 0 aliphatic heterocycles. The van der Waals surface area contributed by atoms with Gasteiger partial charge in [0.05, 0.1) is 17.8 Å². The van der Waals surface area contributed by atoms with Gasteiger partial charge in [0.25, 0.3) is 5.91 Å². The van der Waals surface area contributed by atoms with Crippen molar-refractivity contribution < 1.29 is 14.6 Å². The SMILES string of the molecule is CC(C)Oc1ncc(C(=O)NC2CCC(O)CC2)cc1Cl. The van der Waals surface area contributed by atoms with Crippen LogP contribution in [0.5, 0.6) is 5.88 Å². The topological polar surface area (TPSA) is 71.5 Å². The summed E-state index contributed by atoms with van der Waals surface area (Å²) in [5.41, 5.74) is 0.419. The summed E-state index contributed by atoms with van der Waals surface area (Å²) in [6.07, 6.45) is 4.25. The van der Waals surface area contributed by atoms with E-state index < -0.39 is 0 Å². The number of aromatic nitrogens is 1. The van der Waals surface area contributed by atoms with Crippen LogP contribution in [0, 0.1) is 0 Å². The van der Waals surface area contributed by atoms with Crippen molar-refractivity contribution >= 4 is 17.5 Å². The number of nitrogens with zero attached hydrogens (tertiary/aromatic N) is 1. The first kappa shape index (κ1) is 16.0. The number of rotatable bonds is 4. The molecule has 0 aromatic carbocycles. The van der Waals surface area contributed by atoms with Crippen LogP contribution in [-0.4, -0.2) is 34.2 Å². The highest BCUT2D eigenvalue weighted by atomic mass is 35.5. The Balaban J connectivity index is 1.98. The van der Waals surface area contributed by atoms with Crippen LogP contribution in [0.1, 0.15) is 49.9 Å². The van der Waals surface area contributed by atoms with Crippen molar-refractivity contribution in [3.8, 4) is 5.88 Å². The fraction of sp³-hybridized carbons (Fsp3) is 0.600. The Kier molecular flexibility index (Phi) is 5.42. The Morgan fingerprint density at radius 2 is 2.10 bits per heavy atom. The average Bonchev–Trinajstić information content (AvgIpc) is 2.43. The van der Waals surface area contributed by atoms with Gasteiger partial charge in [-0.3, -0.25) is 4.79 Å². The number of aliphatic hydroxyl groups is 1. The van der Waals surface area contributed by atoms with E-state index >= 15 is 0 Å². The number of ether oxygens (including phenoxy) is 1. The van der Waals surface area contributed by atoms with E-state index in [-0.39, 0.29) is 24.2 Å². The lowest BCUT2D eigenvalue weighted by molar-refractivity contribution is 0.0867. The van der Waals surface area contributed by atoms with E-state index in [0.29, 0.717) is 16.5 Å². The molecule has 1 aliphatic carbocycles. The van der Waals surface area contributed by atoms with E-state index in [2.05, 4.69) is 10.3 Å². The second kappa shape index (κ2) is 7.09. The van der Waals surface area contributed by atoms with Gasteiger partial charge in [0.2, 0.25) is 5.88 Å². The van der Waals surface area contributed by atoms with Crippen molar-refractivity contribution in [2.75, 3.05) is 0 Å². The molecule has 1 amide bonds. The smallest absolute Gasteiger partial charge is 0.253 e. The van der Waals surface area contributed by atoms with Crippen LogP contribution in [0.25, 0.3) is 0 Å². The second-order valence-corrected chi connectivity index (χ2v) is 6.06. The maximum Gasteiger partial charge on any atom is 0.253 e. The Bertz CT molecular complexity index is 500. The normalized spacial score (nSPS) is 22.1. The minimum atomic E-state index is -0.235. The van der Waals surface area contributed by atoms with Crippen molar-refractivity contribution in [3.63, 3.8) is 0 Å². The first-order chi connectivity index (χ1) is 9.95. The molecule has 116 valence electrons. The highest BCUT2D eigenvalue weighted by molar-refractivity contribution is 6.32. The molecule has 0 bridgehead atoms. The minimum Gasteiger partial charge on any atom is -0.474 e. The molecule has 21 heavy (non-hydrogen) atoms. The van der Waals surface area contributed by atoms with Crippen LogP contribution in [0.4, 0.5) is 0 Å². The molecule has 2 rings (SSSR count). The van der Waals surface area contributed by atoms with Gasteiger partial charge in [-0.25, -0.2) is 4.98 Å². The summed E-state index contributed by atoms with van der Waals surface area (Å²) in [5.74, 6) is 0.144. The van der Waals surface area contributed by atoms with Gasteiger partial charge < -0.3 is 15.2 Å². The number of hydrogen-bond donors (Lipinski definition) is 2. The molecule has 1 aromatic rings. The van der Waals surface area contributed by atoms with E-state index in [1.165, 1.54) is 6.20 Å².